The van der Waals surface area contributed by atoms with Gasteiger partial charge >= 0.3 is 0 Å². The van der Waals surface area contributed by atoms with Crippen LogP contribution >= 0.6 is 11.6 Å². The second-order valence-electron chi connectivity index (χ2n) is 4.17. The van der Waals surface area contributed by atoms with Crippen LogP contribution in [0.1, 0.15) is 26.2 Å². The number of anilines is 1. The molecule has 0 bridgehead atoms. The standard InChI is InChI=1S/C12H17ClN2/c1-2-15(9-10-4-3-5-10)11-6-7-14-12(13)8-11/h6-8,10H,2-5,9H2,1H3. The summed E-state index contributed by atoms with van der Waals surface area (Å²) in [6.45, 7) is 4.39. The monoisotopic (exact) mass is 224 g/mol. The van der Waals surface area contributed by atoms with Gasteiger partial charge in [-0.3, -0.25) is 0 Å². The van der Waals surface area contributed by atoms with Gasteiger partial charge in [0, 0.05) is 25.0 Å². The smallest absolute Gasteiger partial charge is 0.131 e. The lowest BCUT2D eigenvalue weighted by atomic mass is 9.85. The second-order valence-corrected chi connectivity index (χ2v) is 4.56. The Bertz CT molecular complexity index is 323. The van der Waals surface area contributed by atoms with E-state index in [1.54, 1.807) is 6.20 Å². The number of halogens is 1. The number of nitrogens with zero attached hydrogens (tertiary/aromatic N) is 2. The van der Waals surface area contributed by atoms with Crippen LogP contribution < -0.4 is 4.90 Å². The fourth-order valence-electron chi connectivity index (χ4n) is 1.99. The molecule has 2 nitrogen and oxygen atoms in total. The van der Waals surface area contributed by atoms with E-state index in [1.807, 2.05) is 12.1 Å². The van der Waals surface area contributed by atoms with E-state index >= 15 is 0 Å². The van der Waals surface area contributed by atoms with Gasteiger partial charge in [-0.15, -0.1) is 0 Å². The summed E-state index contributed by atoms with van der Waals surface area (Å²) in [7, 11) is 0. The Morgan fingerprint density at radius 3 is 2.87 bits per heavy atom. The quantitative estimate of drug-likeness (QED) is 0.730. The van der Waals surface area contributed by atoms with Gasteiger partial charge in [0.1, 0.15) is 5.15 Å². The van der Waals surface area contributed by atoms with E-state index in [0.29, 0.717) is 5.15 Å². The molecule has 0 N–H and O–H groups in total. The highest BCUT2D eigenvalue weighted by molar-refractivity contribution is 6.29. The summed E-state index contributed by atoms with van der Waals surface area (Å²) >= 11 is 5.89. The van der Waals surface area contributed by atoms with Gasteiger partial charge < -0.3 is 4.90 Å². The molecule has 0 amide bonds. The van der Waals surface area contributed by atoms with Crippen LogP contribution in [0.4, 0.5) is 5.69 Å². The minimum atomic E-state index is 0.583. The molecular formula is C12H17ClN2. The Morgan fingerprint density at radius 2 is 2.33 bits per heavy atom. The first-order valence-electron chi connectivity index (χ1n) is 5.66. The SMILES string of the molecule is CCN(CC1CCC1)c1ccnc(Cl)c1. The van der Waals surface area contributed by atoms with Crippen molar-refractivity contribution in [3.63, 3.8) is 0 Å². The molecule has 0 radical (unpaired) electrons. The van der Waals surface area contributed by atoms with Gasteiger partial charge in [-0.2, -0.15) is 0 Å². The molecule has 1 heterocycles. The minimum Gasteiger partial charge on any atom is -0.371 e. The summed E-state index contributed by atoms with van der Waals surface area (Å²) < 4.78 is 0. The van der Waals surface area contributed by atoms with Crippen LogP contribution in [0, 0.1) is 5.92 Å². The highest BCUT2D eigenvalue weighted by Gasteiger charge is 2.20. The molecule has 82 valence electrons. The van der Waals surface area contributed by atoms with Crippen molar-refractivity contribution in [1.29, 1.82) is 0 Å². The van der Waals surface area contributed by atoms with E-state index < -0.39 is 0 Å². The maximum Gasteiger partial charge on any atom is 0.131 e. The van der Waals surface area contributed by atoms with Crippen molar-refractivity contribution < 1.29 is 0 Å². The van der Waals surface area contributed by atoms with Gasteiger partial charge in [0.15, 0.2) is 0 Å². The lowest BCUT2D eigenvalue weighted by Crippen LogP contribution is -2.32. The average molecular weight is 225 g/mol. The molecule has 1 aliphatic rings. The average Bonchev–Trinajstić information content (AvgIpc) is 2.16. The zero-order chi connectivity index (χ0) is 10.7. The zero-order valence-corrected chi connectivity index (χ0v) is 9.87. The normalized spacial score (nSPS) is 16.1. The Hall–Kier alpha value is -0.760. The third-order valence-corrected chi connectivity index (χ3v) is 3.37. The second kappa shape index (κ2) is 4.84. The van der Waals surface area contributed by atoms with Crippen LogP contribution in [0.5, 0.6) is 0 Å². The van der Waals surface area contributed by atoms with Crippen molar-refractivity contribution in [2.75, 3.05) is 18.0 Å². The van der Waals surface area contributed by atoms with E-state index in [2.05, 4.69) is 16.8 Å². The molecule has 1 fully saturated rings. The van der Waals surface area contributed by atoms with Gasteiger partial charge in [0.05, 0.1) is 0 Å². The van der Waals surface area contributed by atoms with Gasteiger partial charge in [0.25, 0.3) is 0 Å². The summed E-state index contributed by atoms with van der Waals surface area (Å²) in [5, 5.41) is 0.583. The number of pyridine rings is 1. The van der Waals surface area contributed by atoms with Crippen molar-refractivity contribution in [2.45, 2.75) is 26.2 Å². The lowest BCUT2D eigenvalue weighted by molar-refractivity contribution is 0.318. The Labute approximate surface area is 96.3 Å². The molecular weight excluding hydrogens is 208 g/mol. The van der Waals surface area contributed by atoms with Gasteiger partial charge in [-0.25, -0.2) is 4.98 Å². The first kappa shape index (κ1) is 10.7. The fraction of sp³-hybridized carbons (Fsp3) is 0.583. The van der Waals surface area contributed by atoms with E-state index in [9.17, 15) is 0 Å². The molecule has 0 spiro atoms. The topological polar surface area (TPSA) is 16.1 Å². The molecule has 2 rings (SSSR count). The van der Waals surface area contributed by atoms with E-state index in [4.69, 9.17) is 11.6 Å². The molecule has 0 aliphatic heterocycles. The van der Waals surface area contributed by atoms with Crippen LogP contribution in [-0.4, -0.2) is 18.1 Å². The highest BCUT2D eigenvalue weighted by atomic mass is 35.5. The molecule has 1 aromatic heterocycles. The molecule has 0 atom stereocenters. The van der Waals surface area contributed by atoms with E-state index in [1.165, 1.54) is 24.9 Å². The number of rotatable bonds is 4. The summed E-state index contributed by atoms with van der Waals surface area (Å²) in [4.78, 5) is 6.39. The fourth-order valence-corrected chi connectivity index (χ4v) is 2.16. The van der Waals surface area contributed by atoms with Crippen LogP contribution in [0.25, 0.3) is 0 Å². The predicted octanol–water partition coefficient (Wildman–Crippen LogP) is 3.36. The van der Waals surface area contributed by atoms with Crippen LogP contribution in [0.15, 0.2) is 18.3 Å². The maximum absolute atomic E-state index is 5.89. The van der Waals surface area contributed by atoms with Crippen LogP contribution in [0.2, 0.25) is 5.15 Å². The Morgan fingerprint density at radius 1 is 1.53 bits per heavy atom. The van der Waals surface area contributed by atoms with Crippen LogP contribution in [0.3, 0.4) is 0 Å². The van der Waals surface area contributed by atoms with E-state index in [0.717, 1.165) is 19.0 Å². The Balaban J connectivity index is 2.04. The van der Waals surface area contributed by atoms with Crippen LogP contribution in [-0.2, 0) is 0 Å². The molecule has 3 heteroatoms. The summed E-state index contributed by atoms with van der Waals surface area (Å²) in [5.41, 5.74) is 1.20. The van der Waals surface area contributed by atoms with Gasteiger partial charge in [-0.05, 0) is 37.8 Å². The number of aromatic nitrogens is 1. The molecule has 15 heavy (non-hydrogen) atoms. The third-order valence-electron chi connectivity index (χ3n) is 3.16. The van der Waals surface area contributed by atoms with Crippen molar-refractivity contribution in [3.8, 4) is 0 Å². The first-order valence-corrected chi connectivity index (χ1v) is 6.04. The molecule has 1 saturated carbocycles. The summed E-state index contributed by atoms with van der Waals surface area (Å²) in [6.07, 6.45) is 5.95. The van der Waals surface area contributed by atoms with Gasteiger partial charge in [-0.1, -0.05) is 18.0 Å². The van der Waals surface area contributed by atoms with Crippen molar-refractivity contribution >= 4 is 17.3 Å². The van der Waals surface area contributed by atoms with Crippen molar-refractivity contribution in [2.24, 2.45) is 5.92 Å². The molecule has 0 saturated heterocycles. The van der Waals surface area contributed by atoms with E-state index in [-0.39, 0.29) is 0 Å². The maximum atomic E-state index is 5.89. The zero-order valence-electron chi connectivity index (χ0n) is 9.12. The third kappa shape index (κ3) is 2.63. The first-order chi connectivity index (χ1) is 7.29. The molecule has 1 aliphatic carbocycles. The largest absolute Gasteiger partial charge is 0.371 e. The molecule has 0 unspecified atom stereocenters. The predicted molar refractivity (Wildman–Crippen MR) is 64.5 cm³/mol. The van der Waals surface area contributed by atoms with Gasteiger partial charge in [0.2, 0.25) is 0 Å². The number of hydrogen-bond donors (Lipinski definition) is 0. The Kier molecular flexibility index (Phi) is 3.47. The van der Waals surface area contributed by atoms with Crippen molar-refractivity contribution in [1.82, 2.24) is 4.98 Å². The lowest BCUT2D eigenvalue weighted by Gasteiger charge is -2.33. The molecule has 1 aromatic rings. The molecule has 0 aromatic carbocycles. The number of hydrogen-bond acceptors (Lipinski definition) is 2. The summed E-state index contributed by atoms with van der Waals surface area (Å²) in [6, 6.07) is 3.98. The summed E-state index contributed by atoms with van der Waals surface area (Å²) in [5.74, 6) is 0.886. The highest BCUT2D eigenvalue weighted by Crippen LogP contribution is 2.29. The van der Waals surface area contributed by atoms with Crippen molar-refractivity contribution in [3.05, 3.63) is 23.5 Å². The minimum absolute atomic E-state index is 0.583.